The molecule has 7 nitrogen and oxygen atoms in total. The lowest BCUT2D eigenvalue weighted by Gasteiger charge is -2.22. The van der Waals surface area contributed by atoms with E-state index in [9.17, 15) is 14.9 Å². The molecule has 0 radical (unpaired) electrons. The Morgan fingerprint density at radius 1 is 1.34 bits per heavy atom. The van der Waals surface area contributed by atoms with E-state index < -0.39 is 5.54 Å². The van der Waals surface area contributed by atoms with Gasteiger partial charge in [0, 0.05) is 6.61 Å². The van der Waals surface area contributed by atoms with Gasteiger partial charge in [-0.05, 0) is 50.7 Å². The fourth-order valence-corrected chi connectivity index (χ4v) is 4.90. The highest BCUT2D eigenvalue weighted by Gasteiger charge is 2.35. The quantitative estimate of drug-likeness (QED) is 0.579. The van der Waals surface area contributed by atoms with Crippen molar-refractivity contribution in [3.05, 3.63) is 34.6 Å². The third-order valence-electron chi connectivity index (χ3n) is 5.62. The van der Waals surface area contributed by atoms with Crippen LogP contribution < -0.4 is 10.9 Å². The number of nitrogens with zero attached hydrogens (tertiary/aromatic N) is 3. The van der Waals surface area contributed by atoms with E-state index in [1.165, 1.54) is 11.8 Å². The van der Waals surface area contributed by atoms with Crippen LogP contribution in [0.15, 0.2) is 34.2 Å². The monoisotopic (exact) mass is 412 g/mol. The van der Waals surface area contributed by atoms with E-state index >= 15 is 0 Å². The van der Waals surface area contributed by atoms with Gasteiger partial charge >= 0.3 is 0 Å². The van der Waals surface area contributed by atoms with Crippen molar-refractivity contribution >= 4 is 28.6 Å². The Morgan fingerprint density at radius 3 is 2.86 bits per heavy atom. The molecule has 1 aromatic carbocycles. The smallest absolute Gasteiger partial charge is 0.262 e. The van der Waals surface area contributed by atoms with Gasteiger partial charge in [0.1, 0.15) is 5.54 Å². The van der Waals surface area contributed by atoms with E-state index in [1.54, 1.807) is 16.7 Å². The van der Waals surface area contributed by atoms with Crippen molar-refractivity contribution in [3.63, 3.8) is 0 Å². The Kier molecular flexibility index (Phi) is 5.88. The van der Waals surface area contributed by atoms with Gasteiger partial charge in [0.15, 0.2) is 5.16 Å². The van der Waals surface area contributed by atoms with E-state index in [2.05, 4.69) is 16.4 Å². The summed E-state index contributed by atoms with van der Waals surface area (Å²) in [5.41, 5.74) is -0.238. The van der Waals surface area contributed by atoms with Crippen LogP contribution in [0.25, 0.3) is 10.9 Å². The number of aromatic nitrogens is 2. The molecule has 1 aromatic heterocycles. The fourth-order valence-electron chi connectivity index (χ4n) is 4.09. The summed E-state index contributed by atoms with van der Waals surface area (Å²) in [7, 11) is 0. The molecule has 1 saturated heterocycles. The number of nitriles is 1. The van der Waals surface area contributed by atoms with Crippen molar-refractivity contribution in [1.82, 2.24) is 14.9 Å². The van der Waals surface area contributed by atoms with Crippen LogP contribution in [-0.4, -0.2) is 39.5 Å². The molecule has 2 aliphatic rings. The fraction of sp³-hybridized carbons (Fsp3) is 0.524. The number of hydrogen-bond donors (Lipinski definition) is 1. The molecular formula is C21H24N4O3S. The van der Waals surface area contributed by atoms with E-state index in [4.69, 9.17) is 4.74 Å². The number of amides is 1. The molecule has 1 aliphatic heterocycles. The van der Waals surface area contributed by atoms with Gasteiger partial charge in [0.05, 0.1) is 35.4 Å². The number of fused-ring (bicyclic) bond motifs is 1. The van der Waals surface area contributed by atoms with E-state index in [-0.39, 0.29) is 23.3 Å². The number of para-hydroxylation sites is 1. The summed E-state index contributed by atoms with van der Waals surface area (Å²) in [5.74, 6) is -0.0933. The van der Waals surface area contributed by atoms with Crippen LogP contribution in [0.4, 0.5) is 0 Å². The van der Waals surface area contributed by atoms with Crippen LogP contribution >= 0.6 is 11.8 Å². The average Bonchev–Trinajstić information content (AvgIpc) is 3.41. The molecule has 1 N–H and O–H groups in total. The maximum Gasteiger partial charge on any atom is 0.262 e. The van der Waals surface area contributed by atoms with Gasteiger partial charge in [0.2, 0.25) is 5.91 Å². The summed E-state index contributed by atoms with van der Waals surface area (Å²) in [6.07, 6.45) is 5.18. The van der Waals surface area contributed by atoms with Gasteiger partial charge in [-0.2, -0.15) is 5.26 Å². The lowest BCUT2D eigenvalue weighted by molar-refractivity contribution is -0.119. The zero-order valence-corrected chi connectivity index (χ0v) is 17.0. The highest BCUT2D eigenvalue weighted by molar-refractivity contribution is 7.99. The predicted octanol–water partition coefficient (Wildman–Crippen LogP) is 2.62. The van der Waals surface area contributed by atoms with Gasteiger partial charge in [-0.1, -0.05) is 23.9 Å². The van der Waals surface area contributed by atoms with Crippen molar-refractivity contribution in [3.8, 4) is 6.07 Å². The molecule has 1 aliphatic carbocycles. The molecule has 0 unspecified atom stereocenters. The number of carbonyl (C=O) groups is 1. The second-order valence-corrected chi connectivity index (χ2v) is 8.64. The number of carbonyl (C=O) groups excluding carboxylic acids is 1. The molecule has 2 fully saturated rings. The summed E-state index contributed by atoms with van der Waals surface area (Å²) in [6, 6.07) is 9.52. The summed E-state index contributed by atoms with van der Waals surface area (Å²) >= 11 is 1.23. The lowest BCUT2D eigenvalue weighted by Crippen LogP contribution is -2.46. The number of benzene rings is 1. The normalized spacial score (nSPS) is 20.6. The first kappa shape index (κ1) is 19.9. The molecule has 152 valence electrons. The van der Waals surface area contributed by atoms with Gasteiger partial charge in [-0.3, -0.25) is 14.2 Å². The molecule has 1 saturated carbocycles. The number of rotatable bonds is 6. The summed E-state index contributed by atoms with van der Waals surface area (Å²) in [4.78, 5) is 30.2. The molecule has 0 bridgehead atoms. The minimum atomic E-state index is -0.744. The van der Waals surface area contributed by atoms with E-state index in [0.717, 1.165) is 25.7 Å². The maximum absolute atomic E-state index is 13.1. The third kappa shape index (κ3) is 4.31. The number of hydrogen-bond acceptors (Lipinski definition) is 6. The molecule has 2 aromatic rings. The summed E-state index contributed by atoms with van der Waals surface area (Å²) in [6.45, 7) is 1.14. The molecule has 29 heavy (non-hydrogen) atoms. The molecule has 0 spiro atoms. The maximum atomic E-state index is 13.1. The van der Waals surface area contributed by atoms with Gasteiger partial charge in [0.25, 0.3) is 5.56 Å². The van der Waals surface area contributed by atoms with Crippen molar-refractivity contribution < 1.29 is 9.53 Å². The van der Waals surface area contributed by atoms with Crippen LogP contribution in [0.1, 0.15) is 38.5 Å². The molecule has 2 heterocycles. The number of ether oxygens (including phenoxy) is 1. The topological polar surface area (TPSA) is 97.0 Å². The molecule has 4 rings (SSSR count). The first-order valence-electron chi connectivity index (χ1n) is 10.1. The first-order chi connectivity index (χ1) is 14.1. The Bertz CT molecular complexity index is 1000. The Morgan fingerprint density at radius 2 is 2.14 bits per heavy atom. The van der Waals surface area contributed by atoms with Crippen LogP contribution in [0.3, 0.4) is 0 Å². The van der Waals surface area contributed by atoms with Crippen LogP contribution in [-0.2, 0) is 16.1 Å². The molecular weight excluding hydrogens is 388 g/mol. The van der Waals surface area contributed by atoms with Crippen molar-refractivity contribution in [2.24, 2.45) is 0 Å². The van der Waals surface area contributed by atoms with Crippen LogP contribution in [0.5, 0.6) is 0 Å². The number of thioether (sulfide) groups is 1. The molecule has 1 atom stereocenters. The molecule has 8 heteroatoms. The first-order valence-corrected chi connectivity index (χ1v) is 11.0. The summed E-state index contributed by atoms with van der Waals surface area (Å²) < 4.78 is 7.34. The zero-order chi connectivity index (χ0) is 20.3. The van der Waals surface area contributed by atoms with Crippen molar-refractivity contribution in [1.29, 1.82) is 5.26 Å². The number of nitrogens with one attached hydrogen (secondary N) is 1. The third-order valence-corrected chi connectivity index (χ3v) is 6.60. The van der Waals surface area contributed by atoms with Gasteiger partial charge in [-0.15, -0.1) is 0 Å². The summed E-state index contributed by atoms with van der Waals surface area (Å²) in [5, 5.41) is 13.4. The van der Waals surface area contributed by atoms with Gasteiger partial charge in [-0.25, -0.2) is 4.98 Å². The predicted molar refractivity (Wildman–Crippen MR) is 111 cm³/mol. The van der Waals surface area contributed by atoms with Crippen LogP contribution in [0.2, 0.25) is 0 Å². The highest BCUT2D eigenvalue weighted by Crippen LogP contribution is 2.29. The standard InChI is InChI=1S/C21H24N4O3S/c22-14-21(9-3-4-10-21)24-18(26)13-29-20-23-17-8-2-1-7-16(17)19(27)25(20)12-15-6-5-11-28-15/h1-2,7-8,15H,3-6,9-13H2,(H,24,26)/t15-/m0/s1. The SMILES string of the molecule is N#CC1(NC(=O)CSc2nc3ccccc3c(=O)n2C[C@@H]2CCCO2)CCCC1. The zero-order valence-electron chi connectivity index (χ0n) is 16.2. The molecule has 1 amide bonds. The van der Waals surface area contributed by atoms with Crippen LogP contribution in [0, 0.1) is 11.3 Å². The minimum absolute atomic E-state index is 0.0100. The average molecular weight is 413 g/mol. The van der Waals surface area contributed by atoms with Crippen molar-refractivity contribution in [2.45, 2.75) is 61.9 Å². The lowest BCUT2D eigenvalue weighted by atomic mass is 10.0. The largest absolute Gasteiger partial charge is 0.376 e. The minimum Gasteiger partial charge on any atom is -0.376 e. The Labute approximate surface area is 173 Å². The van der Waals surface area contributed by atoms with Crippen molar-refractivity contribution in [2.75, 3.05) is 12.4 Å². The second kappa shape index (κ2) is 8.56. The van der Waals surface area contributed by atoms with Gasteiger partial charge < -0.3 is 10.1 Å². The highest BCUT2D eigenvalue weighted by atomic mass is 32.2. The Balaban J connectivity index is 1.56. The van der Waals surface area contributed by atoms with E-state index in [1.807, 2.05) is 12.1 Å². The van der Waals surface area contributed by atoms with E-state index in [0.29, 0.717) is 42.1 Å². The Hall–Kier alpha value is -2.37. The second-order valence-electron chi connectivity index (χ2n) is 7.70.